The zero-order valence-corrected chi connectivity index (χ0v) is 13.6. The number of nitrogens with one attached hydrogen (secondary N) is 1. The predicted octanol–water partition coefficient (Wildman–Crippen LogP) is 3.50. The summed E-state index contributed by atoms with van der Waals surface area (Å²) in [4.78, 5) is 24.0. The van der Waals surface area contributed by atoms with Gasteiger partial charge < -0.3 is 10.1 Å². The van der Waals surface area contributed by atoms with Crippen molar-refractivity contribution in [3.8, 4) is 0 Å². The van der Waals surface area contributed by atoms with Crippen LogP contribution in [0.15, 0.2) is 36.4 Å². The van der Waals surface area contributed by atoms with Crippen molar-refractivity contribution in [2.75, 3.05) is 11.9 Å². The fourth-order valence-corrected chi connectivity index (χ4v) is 3.44. The quantitative estimate of drug-likeness (QED) is 0.668. The number of allylic oxidation sites excluding steroid dienone is 2. The third-order valence-electron chi connectivity index (χ3n) is 4.79. The molecule has 1 amide bonds. The zero-order valence-electron chi connectivity index (χ0n) is 13.6. The Morgan fingerprint density at radius 3 is 2.48 bits per heavy atom. The minimum Gasteiger partial charge on any atom is -0.455 e. The van der Waals surface area contributed by atoms with Gasteiger partial charge in [0.15, 0.2) is 6.61 Å². The van der Waals surface area contributed by atoms with Gasteiger partial charge in [-0.25, -0.2) is 0 Å². The van der Waals surface area contributed by atoms with Crippen molar-refractivity contribution in [3.63, 3.8) is 0 Å². The van der Waals surface area contributed by atoms with Crippen LogP contribution in [0.5, 0.6) is 0 Å². The van der Waals surface area contributed by atoms with Gasteiger partial charge in [-0.15, -0.1) is 0 Å². The second-order valence-corrected chi connectivity index (χ2v) is 6.82. The monoisotopic (exact) mass is 313 g/mol. The first-order valence-corrected chi connectivity index (χ1v) is 8.27. The summed E-state index contributed by atoms with van der Waals surface area (Å²) in [6, 6.07) is 7.73. The number of amides is 1. The SMILES string of the molecule is CC(C)c1ccc(NC(=O)COC(=O)[C@@H]2C[C@H]3C=C[C@H]2C3)cc1. The van der Waals surface area contributed by atoms with Crippen LogP contribution in [0.3, 0.4) is 0 Å². The lowest BCUT2D eigenvalue weighted by Crippen LogP contribution is -2.26. The van der Waals surface area contributed by atoms with Crippen LogP contribution >= 0.6 is 0 Å². The second-order valence-electron chi connectivity index (χ2n) is 6.82. The summed E-state index contributed by atoms with van der Waals surface area (Å²) >= 11 is 0. The van der Waals surface area contributed by atoms with Gasteiger partial charge in [-0.3, -0.25) is 9.59 Å². The Morgan fingerprint density at radius 1 is 1.17 bits per heavy atom. The van der Waals surface area contributed by atoms with E-state index >= 15 is 0 Å². The first kappa shape index (κ1) is 15.8. The molecule has 0 saturated heterocycles. The zero-order chi connectivity index (χ0) is 16.4. The van der Waals surface area contributed by atoms with Crippen molar-refractivity contribution in [2.45, 2.75) is 32.6 Å². The summed E-state index contributed by atoms with van der Waals surface area (Å²) in [6.45, 7) is 4.03. The molecule has 122 valence electrons. The van der Waals surface area contributed by atoms with Crippen LogP contribution in [0, 0.1) is 17.8 Å². The van der Waals surface area contributed by atoms with E-state index in [-0.39, 0.29) is 24.4 Å². The first-order chi connectivity index (χ1) is 11.0. The molecule has 1 saturated carbocycles. The molecule has 0 heterocycles. The third kappa shape index (κ3) is 3.63. The summed E-state index contributed by atoms with van der Waals surface area (Å²) in [5.41, 5.74) is 1.94. The minimum absolute atomic E-state index is 0.0666. The topological polar surface area (TPSA) is 55.4 Å². The normalized spacial score (nSPS) is 24.9. The highest BCUT2D eigenvalue weighted by molar-refractivity contribution is 5.93. The average Bonchev–Trinajstić information content (AvgIpc) is 3.16. The van der Waals surface area contributed by atoms with Crippen molar-refractivity contribution in [2.24, 2.45) is 17.8 Å². The number of hydrogen-bond donors (Lipinski definition) is 1. The number of esters is 1. The molecule has 0 spiro atoms. The maximum Gasteiger partial charge on any atom is 0.310 e. The molecule has 1 aromatic rings. The summed E-state index contributed by atoms with van der Waals surface area (Å²) < 4.78 is 5.19. The Kier molecular flexibility index (Phi) is 4.51. The number of carbonyl (C=O) groups excluding carboxylic acids is 2. The summed E-state index contributed by atoms with van der Waals surface area (Å²) in [6.07, 6.45) is 6.20. The second kappa shape index (κ2) is 6.57. The van der Waals surface area contributed by atoms with E-state index in [0.29, 0.717) is 17.8 Å². The molecule has 2 aliphatic rings. The molecule has 3 atom stereocenters. The van der Waals surface area contributed by atoms with Crippen LogP contribution in [0.25, 0.3) is 0 Å². The van der Waals surface area contributed by atoms with E-state index in [1.807, 2.05) is 24.3 Å². The van der Waals surface area contributed by atoms with Crippen LogP contribution in [-0.2, 0) is 14.3 Å². The number of benzene rings is 1. The van der Waals surface area contributed by atoms with E-state index in [1.165, 1.54) is 5.56 Å². The van der Waals surface area contributed by atoms with Crippen LogP contribution in [0.2, 0.25) is 0 Å². The molecular weight excluding hydrogens is 290 g/mol. The van der Waals surface area contributed by atoms with Crippen molar-refractivity contribution < 1.29 is 14.3 Å². The molecule has 0 unspecified atom stereocenters. The van der Waals surface area contributed by atoms with Gasteiger partial charge in [0, 0.05) is 5.69 Å². The highest BCUT2D eigenvalue weighted by Crippen LogP contribution is 2.43. The highest BCUT2D eigenvalue weighted by atomic mass is 16.5. The highest BCUT2D eigenvalue weighted by Gasteiger charge is 2.40. The van der Waals surface area contributed by atoms with Crippen molar-refractivity contribution >= 4 is 17.6 Å². The van der Waals surface area contributed by atoms with E-state index in [4.69, 9.17) is 4.74 Å². The van der Waals surface area contributed by atoms with Gasteiger partial charge >= 0.3 is 5.97 Å². The largest absolute Gasteiger partial charge is 0.455 e. The third-order valence-corrected chi connectivity index (χ3v) is 4.79. The van der Waals surface area contributed by atoms with Crippen LogP contribution in [0.1, 0.15) is 38.2 Å². The summed E-state index contributed by atoms with van der Waals surface area (Å²) in [5, 5.41) is 2.76. The van der Waals surface area contributed by atoms with Gasteiger partial charge in [-0.1, -0.05) is 38.1 Å². The first-order valence-electron chi connectivity index (χ1n) is 8.27. The maximum absolute atomic E-state index is 12.1. The molecule has 1 N–H and O–H groups in total. The molecule has 1 fully saturated rings. The Hall–Kier alpha value is -2.10. The molecule has 0 aromatic heterocycles. The Morgan fingerprint density at radius 2 is 1.91 bits per heavy atom. The molecule has 4 nitrogen and oxygen atoms in total. The average molecular weight is 313 g/mol. The van der Waals surface area contributed by atoms with Crippen molar-refractivity contribution in [1.29, 1.82) is 0 Å². The summed E-state index contributed by atoms with van der Waals surface area (Å²) in [7, 11) is 0. The van der Waals surface area contributed by atoms with Crippen molar-refractivity contribution in [3.05, 3.63) is 42.0 Å². The number of fused-ring (bicyclic) bond motifs is 2. The van der Waals surface area contributed by atoms with E-state index in [0.717, 1.165) is 18.5 Å². The Labute approximate surface area is 136 Å². The minimum atomic E-state index is -0.297. The summed E-state index contributed by atoms with van der Waals surface area (Å²) in [5.74, 6) is 0.672. The smallest absolute Gasteiger partial charge is 0.310 e. The lowest BCUT2D eigenvalue weighted by Gasteiger charge is -2.16. The molecule has 1 aromatic carbocycles. The fourth-order valence-electron chi connectivity index (χ4n) is 3.44. The Balaban J connectivity index is 1.46. The number of carbonyl (C=O) groups is 2. The molecule has 4 heteroatoms. The van der Waals surface area contributed by atoms with Gasteiger partial charge in [-0.05, 0) is 48.3 Å². The lowest BCUT2D eigenvalue weighted by atomic mass is 9.94. The fraction of sp³-hybridized carbons (Fsp3) is 0.474. The van der Waals surface area contributed by atoms with E-state index < -0.39 is 0 Å². The Bertz CT molecular complexity index is 618. The number of anilines is 1. The lowest BCUT2D eigenvalue weighted by molar-refractivity contribution is -0.152. The van der Waals surface area contributed by atoms with E-state index in [2.05, 4.69) is 31.3 Å². The van der Waals surface area contributed by atoms with Gasteiger partial charge in [-0.2, -0.15) is 0 Å². The number of ether oxygens (including phenoxy) is 1. The molecule has 0 aliphatic heterocycles. The van der Waals surface area contributed by atoms with E-state index in [9.17, 15) is 9.59 Å². The van der Waals surface area contributed by atoms with Gasteiger partial charge in [0.1, 0.15) is 0 Å². The van der Waals surface area contributed by atoms with Gasteiger partial charge in [0.05, 0.1) is 5.92 Å². The molecule has 3 rings (SSSR count). The van der Waals surface area contributed by atoms with Crippen LogP contribution in [0.4, 0.5) is 5.69 Å². The molecule has 2 bridgehead atoms. The van der Waals surface area contributed by atoms with Crippen LogP contribution < -0.4 is 5.32 Å². The molecular formula is C19H23NO3. The molecule has 0 radical (unpaired) electrons. The molecule has 2 aliphatic carbocycles. The van der Waals surface area contributed by atoms with Crippen LogP contribution in [-0.4, -0.2) is 18.5 Å². The van der Waals surface area contributed by atoms with Gasteiger partial charge in [0.25, 0.3) is 5.91 Å². The van der Waals surface area contributed by atoms with Gasteiger partial charge in [0.2, 0.25) is 0 Å². The predicted molar refractivity (Wildman–Crippen MR) is 89.0 cm³/mol. The maximum atomic E-state index is 12.1. The van der Waals surface area contributed by atoms with Crippen molar-refractivity contribution in [1.82, 2.24) is 0 Å². The molecule has 23 heavy (non-hydrogen) atoms. The number of rotatable bonds is 5. The standard InChI is InChI=1S/C19H23NO3/c1-12(2)14-5-7-16(8-6-14)20-18(21)11-23-19(22)17-10-13-3-4-15(17)9-13/h3-8,12-13,15,17H,9-11H2,1-2H3,(H,20,21)/t13-,15-,17+/m0/s1. The van der Waals surface area contributed by atoms with E-state index in [1.54, 1.807) is 0 Å². The number of hydrogen-bond acceptors (Lipinski definition) is 3.